The molecule has 2 fully saturated rings. The molecular weight excluding hydrogens is 563 g/mol. The molecule has 1 saturated carbocycles. The van der Waals surface area contributed by atoms with Gasteiger partial charge >= 0.3 is 6.09 Å². The van der Waals surface area contributed by atoms with Crippen LogP contribution in [0.5, 0.6) is 0 Å². The number of anilines is 2. The van der Waals surface area contributed by atoms with E-state index in [0.29, 0.717) is 0 Å². The van der Waals surface area contributed by atoms with E-state index >= 15 is 0 Å². The normalized spacial score (nSPS) is 19.4. The number of halogens is 4. The highest BCUT2D eigenvalue weighted by molar-refractivity contribution is 6.31. The molecule has 3 amide bonds. The van der Waals surface area contributed by atoms with E-state index < -0.39 is 67.2 Å². The highest BCUT2D eigenvalue weighted by Crippen LogP contribution is 2.36. The molecule has 1 unspecified atom stereocenters. The summed E-state index contributed by atoms with van der Waals surface area (Å²) in [5.41, 5.74) is 0.205. The van der Waals surface area contributed by atoms with Gasteiger partial charge in [-0.25, -0.2) is 32.8 Å². The number of hydrogen-bond acceptors (Lipinski definition) is 6. The zero-order valence-electron chi connectivity index (χ0n) is 21.6. The van der Waals surface area contributed by atoms with Crippen molar-refractivity contribution in [1.29, 1.82) is 0 Å². The Morgan fingerprint density at radius 1 is 1.07 bits per heavy atom. The number of nitrogens with zero attached hydrogens (tertiary/aromatic N) is 4. The molecule has 13 heteroatoms. The summed E-state index contributed by atoms with van der Waals surface area (Å²) in [6.07, 6.45) is 1.17. The zero-order chi connectivity index (χ0) is 29.1. The molecule has 3 aromatic rings. The van der Waals surface area contributed by atoms with Crippen LogP contribution in [0.2, 0.25) is 5.02 Å². The first-order valence-corrected chi connectivity index (χ1v) is 13.3. The maximum atomic E-state index is 14.5. The second-order valence-electron chi connectivity index (χ2n) is 9.76. The smallest absolute Gasteiger partial charge is 0.417 e. The van der Waals surface area contributed by atoms with Crippen LogP contribution in [0.4, 0.5) is 29.6 Å². The standard InChI is InChI=1S/C28H25ClF3N5O4/c29-21-8-2-1-7-20(21)23(24(38)35-18-9-11-28(31,32)12-10-18)36(19-6-3-5-17(30)15-19)25(39)22-16-41-27(40)37(22)26-33-13-4-14-34-26/h1-8,13-15,18,22-23H,9-12,16H2,(H,35,38)/t22-,23?/m0/s1. The summed E-state index contributed by atoms with van der Waals surface area (Å²) in [5.74, 6) is -5.11. The number of rotatable bonds is 7. The van der Waals surface area contributed by atoms with Gasteiger partial charge < -0.3 is 10.1 Å². The van der Waals surface area contributed by atoms with Crippen molar-refractivity contribution in [2.24, 2.45) is 0 Å². The SMILES string of the molecule is O=C(NC1CCC(F)(F)CC1)C(c1ccccc1Cl)N(C(=O)[C@@H]1COC(=O)N1c1ncccn1)c1cccc(F)c1. The Morgan fingerprint density at radius 3 is 2.46 bits per heavy atom. The average molecular weight is 588 g/mol. The molecule has 1 N–H and O–H groups in total. The third kappa shape index (κ3) is 6.12. The molecule has 9 nitrogen and oxygen atoms in total. The van der Waals surface area contributed by atoms with Gasteiger partial charge in [-0.2, -0.15) is 0 Å². The lowest BCUT2D eigenvalue weighted by Crippen LogP contribution is -2.54. The summed E-state index contributed by atoms with van der Waals surface area (Å²) < 4.78 is 47.3. The van der Waals surface area contributed by atoms with Crippen molar-refractivity contribution < 1.29 is 32.3 Å². The van der Waals surface area contributed by atoms with Gasteiger partial charge in [-0.3, -0.25) is 14.5 Å². The molecule has 2 atom stereocenters. The third-order valence-electron chi connectivity index (χ3n) is 7.02. The van der Waals surface area contributed by atoms with Crippen molar-refractivity contribution in [1.82, 2.24) is 15.3 Å². The molecule has 1 aromatic heterocycles. The average Bonchev–Trinajstić information content (AvgIpc) is 3.34. The minimum atomic E-state index is -2.81. The van der Waals surface area contributed by atoms with Crippen LogP contribution in [0.15, 0.2) is 67.0 Å². The van der Waals surface area contributed by atoms with E-state index in [9.17, 15) is 27.6 Å². The number of benzene rings is 2. The topological polar surface area (TPSA) is 105 Å². The third-order valence-corrected chi connectivity index (χ3v) is 7.36. The van der Waals surface area contributed by atoms with Gasteiger partial charge in [-0.15, -0.1) is 0 Å². The Morgan fingerprint density at radius 2 is 1.78 bits per heavy atom. The summed E-state index contributed by atoms with van der Waals surface area (Å²) in [6.45, 7) is -0.393. The first-order chi connectivity index (χ1) is 19.6. The quantitative estimate of drug-likeness (QED) is 0.414. The number of hydrogen-bond donors (Lipinski definition) is 1. The fourth-order valence-corrected chi connectivity index (χ4v) is 5.23. The van der Waals surface area contributed by atoms with Gasteiger partial charge in [0.05, 0.1) is 0 Å². The number of aromatic nitrogens is 2. The summed E-state index contributed by atoms with van der Waals surface area (Å²) in [4.78, 5) is 51.1. The van der Waals surface area contributed by atoms with E-state index in [2.05, 4.69) is 15.3 Å². The number of carbonyl (C=O) groups is 3. The van der Waals surface area contributed by atoms with Crippen molar-refractivity contribution in [2.45, 2.75) is 49.7 Å². The number of nitrogens with one attached hydrogen (secondary N) is 1. The van der Waals surface area contributed by atoms with Crippen molar-refractivity contribution in [3.8, 4) is 0 Å². The van der Waals surface area contributed by atoms with Crippen LogP contribution in [0.3, 0.4) is 0 Å². The lowest BCUT2D eigenvalue weighted by atomic mass is 9.91. The molecule has 2 aromatic carbocycles. The number of carbonyl (C=O) groups excluding carboxylic acids is 3. The second-order valence-corrected chi connectivity index (χ2v) is 10.2. The van der Waals surface area contributed by atoms with E-state index in [1.165, 1.54) is 48.8 Å². The second kappa shape index (κ2) is 11.7. The Balaban J connectivity index is 1.58. The van der Waals surface area contributed by atoms with Crippen molar-refractivity contribution in [3.05, 3.63) is 83.4 Å². The van der Waals surface area contributed by atoms with Crippen LogP contribution in [-0.2, 0) is 14.3 Å². The number of cyclic esters (lactones) is 1. The van der Waals surface area contributed by atoms with E-state index in [4.69, 9.17) is 16.3 Å². The minimum absolute atomic E-state index is 0.00136. The van der Waals surface area contributed by atoms with Crippen molar-refractivity contribution in [3.63, 3.8) is 0 Å². The van der Waals surface area contributed by atoms with E-state index in [1.54, 1.807) is 12.1 Å². The molecule has 0 bridgehead atoms. The molecule has 1 saturated heterocycles. The van der Waals surface area contributed by atoms with Crippen LogP contribution >= 0.6 is 11.6 Å². The van der Waals surface area contributed by atoms with E-state index in [0.717, 1.165) is 15.9 Å². The van der Waals surface area contributed by atoms with Gasteiger partial charge in [0.15, 0.2) is 6.04 Å². The molecule has 2 heterocycles. The van der Waals surface area contributed by atoms with Gasteiger partial charge in [0.2, 0.25) is 17.8 Å². The minimum Gasteiger partial charge on any atom is -0.446 e. The van der Waals surface area contributed by atoms with Crippen LogP contribution < -0.4 is 15.1 Å². The Hall–Kier alpha value is -4.19. The van der Waals surface area contributed by atoms with Gasteiger partial charge in [0.1, 0.15) is 18.5 Å². The zero-order valence-corrected chi connectivity index (χ0v) is 22.3. The molecule has 0 radical (unpaired) electrons. The molecule has 214 valence electrons. The van der Waals surface area contributed by atoms with E-state index in [1.807, 2.05) is 0 Å². The maximum absolute atomic E-state index is 14.5. The van der Waals surface area contributed by atoms with Crippen molar-refractivity contribution >= 4 is 41.1 Å². The van der Waals surface area contributed by atoms with Crippen LogP contribution in [-0.4, -0.2) is 52.5 Å². The fourth-order valence-electron chi connectivity index (χ4n) is 4.99. The van der Waals surface area contributed by atoms with Crippen molar-refractivity contribution in [2.75, 3.05) is 16.4 Å². The summed E-state index contributed by atoms with van der Waals surface area (Å²) in [5, 5.41) is 2.93. The molecular formula is C28H25ClF3N5O4. The Kier molecular flexibility index (Phi) is 8.11. The van der Waals surface area contributed by atoms with Gasteiger partial charge in [-0.05, 0) is 43.2 Å². The maximum Gasteiger partial charge on any atom is 0.417 e. The van der Waals surface area contributed by atoms with E-state index in [-0.39, 0.29) is 35.1 Å². The molecule has 0 spiro atoms. The first-order valence-electron chi connectivity index (χ1n) is 12.9. The summed E-state index contributed by atoms with van der Waals surface area (Å²) in [7, 11) is 0. The Bertz CT molecular complexity index is 1440. The van der Waals surface area contributed by atoms with Gasteiger partial charge in [0, 0.05) is 47.6 Å². The number of ether oxygens (including phenoxy) is 1. The lowest BCUT2D eigenvalue weighted by Gasteiger charge is -2.36. The largest absolute Gasteiger partial charge is 0.446 e. The molecule has 41 heavy (non-hydrogen) atoms. The Labute approximate surface area is 238 Å². The highest BCUT2D eigenvalue weighted by atomic mass is 35.5. The van der Waals surface area contributed by atoms with Crippen LogP contribution in [0.25, 0.3) is 0 Å². The monoisotopic (exact) mass is 587 g/mol. The first kappa shape index (κ1) is 28.3. The highest BCUT2D eigenvalue weighted by Gasteiger charge is 2.47. The summed E-state index contributed by atoms with van der Waals surface area (Å²) in [6, 6.07) is 9.51. The molecule has 2 aliphatic rings. The fraction of sp³-hybridized carbons (Fsp3) is 0.321. The van der Waals surface area contributed by atoms with Crippen LogP contribution in [0.1, 0.15) is 37.3 Å². The van der Waals surface area contributed by atoms with Gasteiger partial charge in [-0.1, -0.05) is 35.9 Å². The van der Waals surface area contributed by atoms with Crippen LogP contribution in [0, 0.1) is 5.82 Å². The predicted octanol–water partition coefficient (Wildman–Crippen LogP) is 5.06. The number of amides is 3. The van der Waals surface area contributed by atoms with Gasteiger partial charge in [0.25, 0.3) is 5.91 Å². The molecule has 1 aliphatic carbocycles. The summed E-state index contributed by atoms with van der Waals surface area (Å²) >= 11 is 6.52. The molecule has 5 rings (SSSR count). The number of alkyl halides is 2. The predicted molar refractivity (Wildman–Crippen MR) is 143 cm³/mol. The lowest BCUT2D eigenvalue weighted by molar-refractivity contribution is -0.128. The molecule has 1 aliphatic heterocycles.